The average molecular weight is 1140 g/mol. The second-order valence-electron chi connectivity index (χ2n) is 24.8. The number of likely N-dealkylation sites (N-methyl/N-ethyl adjacent to an activating group) is 1. The summed E-state index contributed by atoms with van der Waals surface area (Å²) in [6, 6.07) is 0. The van der Waals surface area contributed by atoms with E-state index in [1.165, 1.54) is 244 Å². The maximum atomic E-state index is 12.8. The number of esters is 2. The van der Waals surface area contributed by atoms with Crippen LogP contribution in [0.1, 0.15) is 335 Å². The van der Waals surface area contributed by atoms with Crippen molar-refractivity contribution in [3.05, 3.63) is 48.6 Å². The Hall–Kier alpha value is -2.75. The summed E-state index contributed by atoms with van der Waals surface area (Å²) in [4.78, 5) is 37.4. The molecular weight excluding hydrogens is 1010 g/mol. The highest BCUT2D eigenvalue weighted by Crippen LogP contribution is 2.19. The molecule has 0 aliphatic rings. The lowest BCUT2D eigenvalue weighted by molar-refractivity contribution is -0.870. The first-order valence-electron chi connectivity index (χ1n) is 34.8. The van der Waals surface area contributed by atoms with Gasteiger partial charge < -0.3 is 28.5 Å². The first-order valence-corrected chi connectivity index (χ1v) is 34.8. The molecule has 1 N–H and O–H groups in total. The summed E-state index contributed by atoms with van der Waals surface area (Å²) in [6.45, 7) is 4.75. The molecule has 0 aliphatic carbocycles. The molecule has 0 heterocycles. The molecule has 81 heavy (non-hydrogen) atoms. The maximum Gasteiger partial charge on any atom is 0.361 e. The quantitative estimate of drug-likeness (QED) is 0.0211. The van der Waals surface area contributed by atoms with E-state index in [9.17, 15) is 19.5 Å². The first-order chi connectivity index (χ1) is 39.6. The van der Waals surface area contributed by atoms with Gasteiger partial charge in [0.25, 0.3) is 6.29 Å². The van der Waals surface area contributed by atoms with Gasteiger partial charge in [0.15, 0.2) is 6.10 Å². The Labute approximate surface area is 502 Å². The van der Waals surface area contributed by atoms with Crippen molar-refractivity contribution in [2.45, 2.75) is 347 Å². The second-order valence-corrected chi connectivity index (χ2v) is 24.8. The highest BCUT2D eigenvalue weighted by atomic mass is 16.7. The van der Waals surface area contributed by atoms with Gasteiger partial charge in [-0.05, 0) is 51.4 Å². The summed E-state index contributed by atoms with van der Waals surface area (Å²) >= 11 is 0. The topological polar surface area (TPSA) is 108 Å². The van der Waals surface area contributed by atoms with Crippen molar-refractivity contribution in [2.24, 2.45) is 0 Å². The number of carboxylic acid groups (broad SMARTS) is 1. The molecule has 9 heteroatoms. The molecular formula is C72H134NO8+. The minimum absolute atomic E-state index is 0.180. The van der Waals surface area contributed by atoms with Crippen molar-refractivity contribution in [3.63, 3.8) is 0 Å². The number of aliphatic carboxylic acids is 1. The van der Waals surface area contributed by atoms with Gasteiger partial charge in [-0.15, -0.1) is 0 Å². The predicted octanol–water partition coefficient (Wildman–Crippen LogP) is 21.4. The van der Waals surface area contributed by atoms with E-state index in [0.29, 0.717) is 23.9 Å². The Balaban J connectivity index is 3.88. The van der Waals surface area contributed by atoms with Gasteiger partial charge in [-0.1, -0.05) is 319 Å². The SMILES string of the molecule is CC/C=C\C/C=C\C/C=C\C/C=C\CCCCC(=O)OC(COC(=O)CCCCCCCCCCCCCCCCCCCCCCCCCCCCCCCCCCCCCCCCCCC)COC(OCC[N+](C)(C)C)C(=O)O. The van der Waals surface area contributed by atoms with Crippen LogP contribution in [0.2, 0.25) is 0 Å². The highest BCUT2D eigenvalue weighted by molar-refractivity contribution is 5.71. The van der Waals surface area contributed by atoms with Crippen molar-refractivity contribution >= 4 is 17.9 Å². The Morgan fingerprint density at radius 1 is 0.383 bits per heavy atom. The van der Waals surface area contributed by atoms with Crippen molar-refractivity contribution < 1.29 is 42.9 Å². The molecule has 0 rings (SSSR count). The fourth-order valence-electron chi connectivity index (χ4n) is 10.3. The fourth-order valence-corrected chi connectivity index (χ4v) is 10.3. The third-order valence-electron chi connectivity index (χ3n) is 15.6. The molecule has 2 atom stereocenters. The van der Waals surface area contributed by atoms with Crippen LogP contribution in [-0.4, -0.2) is 87.4 Å². The predicted molar refractivity (Wildman–Crippen MR) is 346 cm³/mol. The summed E-state index contributed by atoms with van der Waals surface area (Å²) < 4.78 is 22.8. The van der Waals surface area contributed by atoms with Crippen LogP contribution in [0.25, 0.3) is 0 Å². The minimum atomic E-state index is -1.52. The fraction of sp³-hybridized carbons (Fsp3) is 0.847. The molecule has 9 nitrogen and oxygen atoms in total. The Morgan fingerprint density at radius 2 is 0.704 bits per heavy atom. The van der Waals surface area contributed by atoms with Gasteiger partial charge in [-0.2, -0.15) is 0 Å². The van der Waals surface area contributed by atoms with E-state index in [0.717, 1.165) is 57.8 Å². The summed E-state index contributed by atoms with van der Waals surface area (Å²) in [5.74, 6) is -2.05. The molecule has 0 aliphatic heterocycles. The van der Waals surface area contributed by atoms with Gasteiger partial charge in [0.05, 0.1) is 34.4 Å². The molecule has 0 saturated carbocycles. The molecule has 0 aromatic heterocycles. The number of quaternary nitrogens is 1. The lowest BCUT2D eigenvalue weighted by Crippen LogP contribution is -2.40. The molecule has 0 aromatic carbocycles. The normalized spacial score (nSPS) is 13.0. The van der Waals surface area contributed by atoms with Crippen molar-refractivity contribution in [1.82, 2.24) is 0 Å². The summed E-state index contributed by atoms with van der Waals surface area (Å²) in [5.41, 5.74) is 0. The van der Waals surface area contributed by atoms with Crippen LogP contribution in [0, 0.1) is 0 Å². The zero-order valence-corrected chi connectivity index (χ0v) is 54.2. The van der Waals surface area contributed by atoms with E-state index < -0.39 is 24.3 Å². The zero-order chi connectivity index (χ0) is 59.1. The van der Waals surface area contributed by atoms with Crippen LogP contribution < -0.4 is 0 Å². The van der Waals surface area contributed by atoms with E-state index in [1.54, 1.807) is 0 Å². The third-order valence-corrected chi connectivity index (χ3v) is 15.6. The van der Waals surface area contributed by atoms with Crippen LogP contribution in [0.5, 0.6) is 0 Å². The molecule has 0 spiro atoms. The lowest BCUT2D eigenvalue weighted by Gasteiger charge is -2.25. The zero-order valence-electron chi connectivity index (χ0n) is 54.2. The van der Waals surface area contributed by atoms with Crippen LogP contribution in [0.15, 0.2) is 48.6 Å². The number of hydrogen-bond donors (Lipinski definition) is 1. The number of rotatable bonds is 65. The van der Waals surface area contributed by atoms with Gasteiger partial charge in [0.2, 0.25) is 0 Å². The molecule has 0 aromatic rings. The molecule has 2 unspecified atom stereocenters. The molecule has 0 bridgehead atoms. The van der Waals surface area contributed by atoms with Gasteiger partial charge in [-0.25, -0.2) is 4.79 Å². The maximum absolute atomic E-state index is 12.8. The van der Waals surface area contributed by atoms with Gasteiger partial charge in [-0.3, -0.25) is 9.59 Å². The number of unbranched alkanes of at least 4 members (excludes halogenated alkanes) is 42. The third kappa shape index (κ3) is 64.7. The molecule has 0 amide bonds. The largest absolute Gasteiger partial charge is 0.477 e. The number of carbonyl (C=O) groups is 3. The van der Waals surface area contributed by atoms with Crippen molar-refractivity contribution in [3.8, 4) is 0 Å². The molecule has 474 valence electrons. The van der Waals surface area contributed by atoms with E-state index in [2.05, 4.69) is 62.5 Å². The van der Waals surface area contributed by atoms with E-state index in [-0.39, 0.29) is 32.2 Å². The van der Waals surface area contributed by atoms with Crippen LogP contribution in [0.3, 0.4) is 0 Å². The van der Waals surface area contributed by atoms with Crippen LogP contribution in [0.4, 0.5) is 0 Å². The van der Waals surface area contributed by atoms with Gasteiger partial charge in [0.1, 0.15) is 13.2 Å². The Kier molecular flexibility index (Phi) is 61.1. The highest BCUT2D eigenvalue weighted by Gasteiger charge is 2.25. The summed E-state index contributed by atoms with van der Waals surface area (Å²) in [5, 5.41) is 9.70. The number of hydrogen-bond acceptors (Lipinski definition) is 7. The van der Waals surface area contributed by atoms with Gasteiger partial charge >= 0.3 is 17.9 Å². The Bertz CT molecular complexity index is 1470. The lowest BCUT2D eigenvalue weighted by atomic mass is 10.0. The monoisotopic (exact) mass is 1140 g/mol. The first kappa shape index (κ1) is 78.2. The minimum Gasteiger partial charge on any atom is -0.477 e. The Morgan fingerprint density at radius 3 is 1.05 bits per heavy atom. The van der Waals surface area contributed by atoms with Gasteiger partial charge in [0, 0.05) is 12.8 Å². The number of carboxylic acids is 1. The molecule has 0 saturated heterocycles. The van der Waals surface area contributed by atoms with E-state index in [1.807, 2.05) is 21.1 Å². The molecule has 0 fully saturated rings. The molecule has 0 radical (unpaired) electrons. The van der Waals surface area contributed by atoms with Crippen LogP contribution >= 0.6 is 0 Å². The number of allylic oxidation sites excluding steroid dienone is 8. The van der Waals surface area contributed by atoms with E-state index in [4.69, 9.17) is 18.9 Å². The summed E-state index contributed by atoms with van der Waals surface area (Å²) in [7, 11) is 5.96. The van der Waals surface area contributed by atoms with Crippen LogP contribution in [-0.2, 0) is 33.3 Å². The number of carbonyl (C=O) groups excluding carboxylic acids is 2. The van der Waals surface area contributed by atoms with Crippen molar-refractivity contribution in [2.75, 3.05) is 47.5 Å². The summed E-state index contributed by atoms with van der Waals surface area (Å²) in [6.07, 6.45) is 78.5. The number of ether oxygens (including phenoxy) is 4. The second kappa shape index (κ2) is 63.3. The van der Waals surface area contributed by atoms with E-state index >= 15 is 0 Å². The average Bonchev–Trinajstić information content (AvgIpc) is 3.44. The number of nitrogens with zero attached hydrogens (tertiary/aromatic N) is 1. The van der Waals surface area contributed by atoms with Crippen molar-refractivity contribution in [1.29, 1.82) is 0 Å². The standard InChI is InChI=1S/C72H133NO8/c1-6-8-10-12-14-16-18-20-22-23-24-25-26-27-28-29-30-31-32-33-34-35-36-37-38-39-40-41-42-43-44-45-46-47-49-50-52-54-56-58-60-62-69(74)79-66-68(67-80-72(71(76)77)78-65-64-73(3,4)5)81-70(75)63-61-59-57-55-53-51-48-21-19-17-15-13-11-9-7-2/h9,11,15,17,21,48,53,55,68,72H,6-8,10,12-14,16,18-20,22-47,49-52,54,56-67H2,1-5H3/p+1/b11-9-,17-15-,48-21-,55-53-. The smallest absolute Gasteiger partial charge is 0.361 e.